The zero-order chi connectivity index (χ0) is 15.5. The van der Waals surface area contributed by atoms with Gasteiger partial charge in [-0.2, -0.15) is 4.98 Å². The van der Waals surface area contributed by atoms with E-state index in [-0.39, 0.29) is 6.61 Å². The third-order valence-corrected chi connectivity index (χ3v) is 5.10. The molecular weight excluding hydrogens is 298 g/mol. The van der Waals surface area contributed by atoms with Crippen LogP contribution in [0, 0.1) is 6.92 Å². The number of nitrogens with one attached hydrogen (secondary N) is 1. The predicted molar refractivity (Wildman–Crippen MR) is 92.1 cm³/mol. The van der Waals surface area contributed by atoms with Crippen molar-refractivity contribution in [2.24, 2.45) is 0 Å². The number of piperazine rings is 1. The molecule has 2 aromatic rings. The Labute approximate surface area is 134 Å². The van der Waals surface area contributed by atoms with Crippen LogP contribution in [0.1, 0.15) is 12.5 Å². The summed E-state index contributed by atoms with van der Waals surface area (Å²) in [5.41, 5.74) is 1.18. The average Bonchev–Trinajstić information content (AvgIpc) is 2.94. The van der Waals surface area contributed by atoms with Crippen molar-refractivity contribution in [2.75, 3.05) is 56.1 Å². The first-order valence-electron chi connectivity index (χ1n) is 7.80. The second-order valence-corrected chi connectivity index (χ2v) is 6.40. The van der Waals surface area contributed by atoms with Crippen molar-refractivity contribution in [3.05, 3.63) is 10.9 Å². The summed E-state index contributed by atoms with van der Waals surface area (Å²) in [6, 6.07) is 0. The monoisotopic (exact) mass is 321 g/mol. The molecule has 0 bridgehead atoms. The van der Waals surface area contributed by atoms with Crippen LogP contribution in [-0.4, -0.2) is 65.8 Å². The van der Waals surface area contributed by atoms with Gasteiger partial charge in [-0.25, -0.2) is 4.98 Å². The minimum Gasteiger partial charge on any atom is -0.395 e. The third kappa shape index (κ3) is 3.02. The molecule has 2 N–H and O–H groups in total. The molecule has 1 fully saturated rings. The second kappa shape index (κ2) is 6.76. The van der Waals surface area contributed by atoms with Crippen LogP contribution < -0.4 is 10.2 Å². The first-order valence-corrected chi connectivity index (χ1v) is 8.68. The van der Waals surface area contributed by atoms with Crippen LogP contribution >= 0.6 is 11.3 Å². The highest BCUT2D eigenvalue weighted by molar-refractivity contribution is 7.17. The van der Waals surface area contributed by atoms with Crippen LogP contribution in [0.15, 0.2) is 5.38 Å². The van der Waals surface area contributed by atoms with E-state index in [2.05, 4.69) is 34.3 Å². The van der Waals surface area contributed by atoms with Crippen molar-refractivity contribution in [3.63, 3.8) is 0 Å². The second-order valence-electron chi connectivity index (χ2n) is 5.54. The fraction of sp³-hybridized carbons (Fsp3) is 0.600. The van der Waals surface area contributed by atoms with Crippen molar-refractivity contribution >= 4 is 33.3 Å². The van der Waals surface area contributed by atoms with E-state index < -0.39 is 0 Å². The summed E-state index contributed by atoms with van der Waals surface area (Å²) in [5.74, 6) is 1.64. The predicted octanol–water partition coefficient (Wildman–Crippen LogP) is 1.55. The summed E-state index contributed by atoms with van der Waals surface area (Å²) >= 11 is 1.65. The number of aliphatic hydroxyl groups is 1. The highest BCUT2D eigenvalue weighted by Crippen LogP contribution is 2.31. The molecule has 6 nitrogen and oxygen atoms in total. The number of thiophene rings is 1. The molecule has 0 aromatic carbocycles. The van der Waals surface area contributed by atoms with Gasteiger partial charge in [-0.05, 0) is 24.4 Å². The van der Waals surface area contributed by atoms with Gasteiger partial charge in [0.25, 0.3) is 0 Å². The topological polar surface area (TPSA) is 64.5 Å². The number of aromatic nitrogens is 2. The van der Waals surface area contributed by atoms with Crippen LogP contribution in [0.4, 0.5) is 11.8 Å². The minimum absolute atomic E-state index is 0.0964. The number of aryl methyl sites for hydroxylation is 1. The quantitative estimate of drug-likeness (QED) is 0.871. The van der Waals surface area contributed by atoms with Gasteiger partial charge in [-0.1, -0.05) is 6.92 Å². The van der Waals surface area contributed by atoms with E-state index in [1.807, 2.05) is 0 Å². The number of hydrogen-bond acceptors (Lipinski definition) is 7. The SMILES string of the molecule is CCN1CCN(c2nc(NCCO)c3c(C)csc3n2)CC1. The number of rotatable bonds is 5. The summed E-state index contributed by atoms with van der Waals surface area (Å²) in [6.07, 6.45) is 0. The van der Waals surface area contributed by atoms with Crippen LogP contribution in [0.25, 0.3) is 10.2 Å². The van der Waals surface area contributed by atoms with E-state index in [1.165, 1.54) is 5.56 Å². The Kier molecular flexibility index (Phi) is 4.75. The van der Waals surface area contributed by atoms with Crippen molar-refractivity contribution in [3.8, 4) is 0 Å². The number of aliphatic hydroxyl groups excluding tert-OH is 1. The molecule has 7 heteroatoms. The van der Waals surface area contributed by atoms with E-state index in [0.29, 0.717) is 6.54 Å². The van der Waals surface area contributed by atoms with Gasteiger partial charge >= 0.3 is 0 Å². The fourth-order valence-electron chi connectivity index (χ4n) is 2.78. The first kappa shape index (κ1) is 15.5. The van der Waals surface area contributed by atoms with Crippen molar-refractivity contribution in [2.45, 2.75) is 13.8 Å². The molecule has 3 heterocycles. The van der Waals surface area contributed by atoms with E-state index in [9.17, 15) is 0 Å². The molecule has 0 amide bonds. The maximum atomic E-state index is 9.07. The largest absolute Gasteiger partial charge is 0.395 e. The van der Waals surface area contributed by atoms with Gasteiger partial charge in [0.1, 0.15) is 10.6 Å². The number of anilines is 2. The van der Waals surface area contributed by atoms with Crippen molar-refractivity contribution < 1.29 is 5.11 Å². The normalized spacial score (nSPS) is 16.4. The van der Waals surface area contributed by atoms with Gasteiger partial charge in [-0.3, -0.25) is 0 Å². The molecule has 1 aliphatic heterocycles. The standard InChI is InChI=1S/C15H23N5OS/c1-3-19-5-7-20(8-6-19)15-17-13(16-4-9-21)12-11(2)10-22-14(12)18-15/h10,21H,3-9H2,1-2H3,(H,16,17,18). The Hall–Kier alpha value is -1.44. The lowest BCUT2D eigenvalue weighted by Gasteiger charge is -2.34. The van der Waals surface area contributed by atoms with Gasteiger partial charge < -0.3 is 20.2 Å². The highest BCUT2D eigenvalue weighted by Gasteiger charge is 2.20. The lowest BCUT2D eigenvalue weighted by Crippen LogP contribution is -2.46. The Morgan fingerprint density at radius 2 is 2.05 bits per heavy atom. The van der Waals surface area contributed by atoms with Crippen molar-refractivity contribution in [1.29, 1.82) is 0 Å². The number of nitrogens with zero attached hydrogens (tertiary/aromatic N) is 4. The number of hydrogen-bond donors (Lipinski definition) is 2. The minimum atomic E-state index is 0.0964. The van der Waals surface area contributed by atoms with Gasteiger partial charge in [0.05, 0.1) is 12.0 Å². The molecule has 0 aliphatic carbocycles. The molecule has 2 aromatic heterocycles. The molecular formula is C15H23N5OS. The summed E-state index contributed by atoms with van der Waals surface area (Å²) in [7, 11) is 0. The third-order valence-electron chi connectivity index (χ3n) is 4.11. The lowest BCUT2D eigenvalue weighted by atomic mass is 10.2. The van der Waals surface area contributed by atoms with Gasteiger partial charge in [-0.15, -0.1) is 11.3 Å². The van der Waals surface area contributed by atoms with Gasteiger partial charge in [0.2, 0.25) is 5.95 Å². The van der Waals surface area contributed by atoms with Crippen LogP contribution in [0.2, 0.25) is 0 Å². The van der Waals surface area contributed by atoms with Crippen LogP contribution in [-0.2, 0) is 0 Å². The molecule has 1 saturated heterocycles. The molecule has 0 saturated carbocycles. The molecule has 22 heavy (non-hydrogen) atoms. The van der Waals surface area contributed by atoms with E-state index in [0.717, 1.165) is 54.7 Å². The Balaban J connectivity index is 1.90. The van der Waals surface area contributed by atoms with E-state index >= 15 is 0 Å². The Bertz CT molecular complexity index is 636. The van der Waals surface area contributed by atoms with Gasteiger partial charge in [0, 0.05) is 32.7 Å². The smallest absolute Gasteiger partial charge is 0.228 e. The van der Waals surface area contributed by atoms with Crippen LogP contribution in [0.3, 0.4) is 0 Å². The van der Waals surface area contributed by atoms with E-state index in [4.69, 9.17) is 15.1 Å². The summed E-state index contributed by atoms with van der Waals surface area (Å²) < 4.78 is 0. The summed E-state index contributed by atoms with van der Waals surface area (Å²) in [5, 5.41) is 15.5. The maximum absolute atomic E-state index is 9.07. The number of likely N-dealkylation sites (N-methyl/N-ethyl adjacent to an activating group) is 1. The summed E-state index contributed by atoms with van der Waals surface area (Å²) in [4.78, 5) is 15.2. The summed E-state index contributed by atoms with van der Waals surface area (Å²) in [6.45, 7) is 10.0. The van der Waals surface area contributed by atoms with Crippen molar-refractivity contribution in [1.82, 2.24) is 14.9 Å². The van der Waals surface area contributed by atoms with Crippen LogP contribution in [0.5, 0.6) is 0 Å². The molecule has 0 atom stereocenters. The Morgan fingerprint density at radius 1 is 1.27 bits per heavy atom. The van der Waals surface area contributed by atoms with Gasteiger partial charge in [0.15, 0.2) is 0 Å². The molecule has 1 aliphatic rings. The maximum Gasteiger partial charge on any atom is 0.228 e. The molecule has 3 rings (SSSR count). The molecule has 0 spiro atoms. The van der Waals surface area contributed by atoms with E-state index in [1.54, 1.807) is 11.3 Å². The Morgan fingerprint density at radius 3 is 2.73 bits per heavy atom. The lowest BCUT2D eigenvalue weighted by molar-refractivity contribution is 0.270. The zero-order valence-electron chi connectivity index (χ0n) is 13.2. The molecule has 0 radical (unpaired) electrons. The average molecular weight is 321 g/mol. The molecule has 0 unspecified atom stereocenters. The zero-order valence-corrected chi connectivity index (χ0v) is 14.0. The highest BCUT2D eigenvalue weighted by atomic mass is 32.1. The number of fused-ring (bicyclic) bond motifs is 1. The fourth-order valence-corrected chi connectivity index (χ4v) is 3.70. The molecule has 120 valence electrons. The first-order chi connectivity index (χ1) is 10.7.